The monoisotopic (exact) mass is 595 g/mol. The molecule has 0 saturated carbocycles. The smallest absolute Gasteiger partial charge is 0.241 e. The number of halogens is 2. The normalized spacial score (nSPS) is 17.7. The molecule has 0 amide bonds. The van der Waals surface area contributed by atoms with Gasteiger partial charge in [-0.2, -0.15) is 5.10 Å². The van der Waals surface area contributed by atoms with Crippen molar-refractivity contribution in [2.45, 2.75) is 38.3 Å². The molecule has 0 radical (unpaired) electrons. The Bertz CT molecular complexity index is 1540. The SMILES string of the molecule is C[C@H]1CCOc2c(cnn2C)-c2nccc(n2)Nc2cc(c(-c3cn(C4CCN(CCF)CC4)nc3OCCF)cn2)O1. The van der Waals surface area contributed by atoms with Crippen LogP contribution in [0.2, 0.25) is 0 Å². The van der Waals surface area contributed by atoms with Gasteiger partial charge in [0.05, 0.1) is 30.5 Å². The Morgan fingerprint density at radius 2 is 1.91 bits per heavy atom. The third-order valence-corrected chi connectivity index (χ3v) is 7.63. The average molecular weight is 596 g/mol. The fraction of sp³-hybridized carbons (Fsp3) is 0.483. The van der Waals surface area contributed by atoms with Crippen molar-refractivity contribution in [2.24, 2.45) is 7.05 Å². The molecule has 228 valence electrons. The van der Waals surface area contributed by atoms with Crippen molar-refractivity contribution in [2.75, 3.05) is 51.5 Å². The van der Waals surface area contributed by atoms with Crippen LogP contribution in [0.4, 0.5) is 20.4 Å². The number of pyridine rings is 1. The minimum absolute atomic E-state index is 0.112. The van der Waals surface area contributed by atoms with Gasteiger partial charge in [0.15, 0.2) is 5.82 Å². The molecular formula is C29H35F2N9O3. The van der Waals surface area contributed by atoms with Gasteiger partial charge in [-0.3, -0.25) is 4.68 Å². The zero-order chi connectivity index (χ0) is 29.8. The first-order valence-electron chi connectivity index (χ1n) is 14.5. The van der Waals surface area contributed by atoms with Crippen molar-refractivity contribution in [1.82, 2.24) is 39.4 Å². The highest BCUT2D eigenvalue weighted by Crippen LogP contribution is 2.39. The van der Waals surface area contributed by atoms with Gasteiger partial charge in [-0.05, 0) is 25.8 Å². The Morgan fingerprint density at radius 3 is 2.72 bits per heavy atom. The van der Waals surface area contributed by atoms with E-state index in [4.69, 9.17) is 19.3 Å². The zero-order valence-electron chi connectivity index (χ0n) is 24.2. The van der Waals surface area contributed by atoms with Crippen LogP contribution in [0.1, 0.15) is 32.2 Å². The molecule has 0 aliphatic carbocycles. The third kappa shape index (κ3) is 6.38. The van der Waals surface area contributed by atoms with E-state index in [-0.39, 0.29) is 25.4 Å². The maximum absolute atomic E-state index is 13.2. The van der Waals surface area contributed by atoms with E-state index in [0.717, 1.165) is 25.9 Å². The second-order valence-electron chi connectivity index (χ2n) is 10.6. The summed E-state index contributed by atoms with van der Waals surface area (Å²) in [7, 11) is 1.81. The van der Waals surface area contributed by atoms with Gasteiger partial charge in [-0.1, -0.05) is 0 Å². The molecule has 6 rings (SSSR count). The molecule has 12 nitrogen and oxygen atoms in total. The molecule has 4 aromatic heterocycles. The second-order valence-corrected chi connectivity index (χ2v) is 10.6. The number of fused-ring (bicyclic) bond motifs is 6. The first-order valence-corrected chi connectivity index (χ1v) is 14.5. The van der Waals surface area contributed by atoms with E-state index < -0.39 is 6.67 Å². The van der Waals surface area contributed by atoms with Crippen LogP contribution in [0.3, 0.4) is 0 Å². The number of alkyl halides is 2. The summed E-state index contributed by atoms with van der Waals surface area (Å²) in [5.74, 6) is 2.97. The number of hydrogen-bond donors (Lipinski definition) is 1. The Labute approximate surface area is 248 Å². The number of aromatic nitrogens is 7. The predicted molar refractivity (Wildman–Crippen MR) is 155 cm³/mol. The highest BCUT2D eigenvalue weighted by molar-refractivity contribution is 5.75. The summed E-state index contributed by atoms with van der Waals surface area (Å²) in [6, 6.07) is 3.67. The molecule has 43 heavy (non-hydrogen) atoms. The Morgan fingerprint density at radius 1 is 1.05 bits per heavy atom. The van der Waals surface area contributed by atoms with Crippen molar-refractivity contribution < 1.29 is 23.0 Å². The van der Waals surface area contributed by atoms with E-state index in [1.807, 2.05) is 23.9 Å². The van der Waals surface area contributed by atoms with Crippen molar-refractivity contribution in [1.29, 1.82) is 0 Å². The highest BCUT2D eigenvalue weighted by Gasteiger charge is 2.26. The molecule has 0 unspecified atom stereocenters. The first-order chi connectivity index (χ1) is 21.0. The van der Waals surface area contributed by atoms with Crippen LogP contribution in [0.25, 0.3) is 22.5 Å². The molecule has 4 bridgehead atoms. The topological polar surface area (TPSA) is 117 Å². The molecule has 1 atom stereocenters. The van der Waals surface area contributed by atoms with E-state index in [9.17, 15) is 8.78 Å². The summed E-state index contributed by atoms with van der Waals surface area (Å²) >= 11 is 0. The quantitative estimate of drug-likeness (QED) is 0.330. The van der Waals surface area contributed by atoms with Gasteiger partial charge in [0.2, 0.25) is 11.8 Å². The Balaban J connectivity index is 1.34. The number of nitrogens with one attached hydrogen (secondary N) is 1. The van der Waals surface area contributed by atoms with Crippen LogP contribution >= 0.6 is 0 Å². The number of anilines is 2. The van der Waals surface area contributed by atoms with Crippen LogP contribution in [-0.4, -0.2) is 91.7 Å². The van der Waals surface area contributed by atoms with Gasteiger partial charge in [-0.15, -0.1) is 5.10 Å². The molecule has 4 aromatic rings. The van der Waals surface area contributed by atoms with Gasteiger partial charge >= 0.3 is 0 Å². The molecule has 2 aliphatic heterocycles. The maximum atomic E-state index is 13.2. The minimum Gasteiger partial charge on any atom is -0.490 e. The molecular weight excluding hydrogens is 560 g/mol. The number of hydrogen-bond acceptors (Lipinski definition) is 10. The van der Waals surface area contributed by atoms with Crippen LogP contribution < -0.4 is 19.5 Å². The second kappa shape index (κ2) is 12.9. The molecule has 14 heteroatoms. The summed E-state index contributed by atoms with van der Waals surface area (Å²) in [6.07, 6.45) is 8.95. The number of aryl methyl sites for hydroxylation is 1. The van der Waals surface area contributed by atoms with E-state index in [1.165, 1.54) is 0 Å². The molecule has 0 aromatic carbocycles. The van der Waals surface area contributed by atoms with Crippen molar-refractivity contribution in [3.8, 4) is 40.0 Å². The van der Waals surface area contributed by atoms with Gasteiger partial charge in [0, 0.05) is 63.3 Å². The largest absolute Gasteiger partial charge is 0.490 e. The van der Waals surface area contributed by atoms with E-state index in [0.29, 0.717) is 71.2 Å². The van der Waals surface area contributed by atoms with Crippen molar-refractivity contribution in [3.63, 3.8) is 0 Å². The van der Waals surface area contributed by atoms with Crippen LogP contribution in [-0.2, 0) is 7.05 Å². The summed E-state index contributed by atoms with van der Waals surface area (Å²) in [5, 5.41) is 12.3. The van der Waals surface area contributed by atoms with Crippen LogP contribution in [0, 0.1) is 0 Å². The molecule has 2 aliphatic rings. The van der Waals surface area contributed by atoms with Crippen molar-refractivity contribution >= 4 is 11.6 Å². The van der Waals surface area contributed by atoms with Gasteiger partial charge in [0.25, 0.3) is 0 Å². The predicted octanol–water partition coefficient (Wildman–Crippen LogP) is 4.38. The Kier molecular flexibility index (Phi) is 8.63. The first kappa shape index (κ1) is 28.8. The Hall–Kier alpha value is -4.33. The van der Waals surface area contributed by atoms with Gasteiger partial charge < -0.3 is 24.4 Å². The molecule has 0 spiro atoms. The van der Waals surface area contributed by atoms with E-state index in [2.05, 4.69) is 30.3 Å². The summed E-state index contributed by atoms with van der Waals surface area (Å²) in [5.41, 5.74) is 2.01. The number of ether oxygens (including phenoxy) is 3. The molecule has 1 N–H and O–H groups in total. The lowest BCUT2D eigenvalue weighted by Crippen LogP contribution is -2.36. The molecule has 1 fully saturated rings. The molecule has 6 heterocycles. The fourth-order valence-electron chi connectivity index (χ4n) is 5.36. The lowest BCUT2D eigenvalue weighted by Gasteiger charge is -2.31. The summed E-state index contributed by atoms with van der Waals surface area (Å²) in [4.78, 5) is 15.8. The van der Waals surface area contributed by atoms with Crippen LogP contribution in [0.5, 0.6) is 17.5 Å². The number of nitrogens with zero attached hydrogens (tertiary/aromatic N) is 8. The average Bonchev–Trinajstić information content (AvgIpc) is 3.60. The highest BCUT2D eigenvalue weighted by atomic mass is 19.1. The van der Waals surface area contributed by atoms with Gasteiger partial charge in [-0.25, -0.2) is 28.4 Å². The van der Waals surface area contributed by atoms with Gasteiger partial charge in [0.1, 0.15) is 42.9 Å². The van der Waals surface area contributed by atoms with Crippen molar-refractivity contribution in [3.05, 3.63) is 36.9 Å². The number of rotatable bonds is 7. The van der Waals surface area contributed by atoms with E-state index in [1.54, 1.807) is 36.4 Å². The number of likely N-dealkylation sites (tertiary alicyclic amines) is 1. The zero-order valence-corrected chi connectivity index (χ0v) is 24.2. The summed E-state index contributed by atoms with van der Waals surface area (Å²) in [6.45, 7) is 3.23. The lowest BCUT2D eigenvalue weighted by atomic mass is 10.1. The fourth-order valence-corrected chi connectivity index (χ4v) is 5.36. The van der Waals surface area contributed by atoms with Crippen LogP contribution in [0.15, 0.2) is 36.9 Å². The number of piperidine rings is 1. The minimum atomic E-state index is -0.644. The maximum Gasteiger partial charge on any atom is 0.241 e. The lowest BCUT2D eigenvalue weighted by molar-refractivity contribution is 0.167. The van der Waals surface area contributed by atoms with E-state index >= 15 is 0 Å². The third-order valence-electron chi connectivity index (χ3n) is 7.63. The summed E-state index contributed by atoms with van der Waals surface area (Å²) < 4.78 is 47.9. The molecule has 1 saturated heterocycles. The standard InChI is InChI=1S/C29H35F2N9O3/c1-19-6-13-42-29-22(17-34-38(29)2)27-32-9-3-25(36-27)35-26-15-24(43-19)21(16-33-26)23-18-40(37-28(23)41-14-8-31)20-4-10-39(11-5-20)12-7-30/h3,9,15-20H,4-8,10-14H2,1-2H3,(H,32,33,35,36)/t19-/m0/s1.